The first-order chi connectivity index (χ1) is 12.8. The molecule has 0 radical (unpaired) electrons. The third-order valence-corrected chi connectivity index (χ3v) is 4.91. The van der Waals surface area contributed by atoms with Gasteiger partial charge in [0.25, 0.3) is 0 Å². The average Bonchev–Trinajstić information content (AvgIpc) is 3.04. The molecule has 0 fully saturated rings. The lowest BCUT2D eigenvalue weighted by atomic mass is 9.88. The molecule has 1 aliphatic heterocycles. The second-order valence-corrected chi connectivity index (χ2v) is 7.56. The minimum atomic E-state index is -0.783. The molecule has 0 spiro atoms. The Labute approximate surface area is 159 Å². The first-order valence-electron chi connectivity index (χ1n) is 9.14. The predicted molar refractivity (Wildman–Crippen MR) is 104 cm³/mol. The number of carbonyl (C=O) groups is 1. The quantitative estimate of drug-likeness (QED) is 0.746. The van der Waals surface area contributed by atoms with Gasteiger partial charge < -0.3 is 19.1 Å². The van der Waals surface area contributed by atoms with Crippen LogP contribution in [-0.4, -0.2) is 33.3 Å². The molecule has 2 aromatic rings. The summed E-state index contributed by atoms with van der Waals surface area (Å²) in [7, 11) is 1.96. The van der Waals surface area contributed by atoms with E-state index in [4.69, 9.17) is 14.6 Å². The molecule has 1 aromatic heterocycles. The van der Waals surface area contributed by atoms with Crippen LogP contribution in [0.5, 0.6) is 11.5 Å². The maximum atomic E-state index is 11.2. The third-order valence-electron chi connectivity index (χ3n) is 4.91. The predicted octanol–water partition coefficient (Wildman–Crippen LogP) is 4.01. The third kappa shape index (κ3) is 4.15. The van der Waals surface area contributed by atoms with Crippen molar-refractivity contribution in [2.45, 2.75) is 39.7 Å². The van der Waals surface area contributed by atoms with E-state index in [0.29, 0.717) is 19.4 Å². The maximum absolute atomic E-state index is 11.2. The molecule has 0 saturated carbocycles. The van der Waals surface area contributed by atoms with E-state index in [1.807, 2.05) is 42.9 Å². The standard InChI is InChI=1S/C21H26N2O4/c1-14-17(19-22-9-10-23(19)4)13-15-12-16(6-7-18(15)27-14)26-11-5-8-21(2,3)20(24)25/h6-7,9-10,12-14H,5,8,11H2,1-4H3,(H,24,25). The van der Waals surface area contributed by atoms with E-state index in [1.54, 1.807) is 20.0 Å². The van der Waals surface area contributed by atoms with E-state index in [1.165, 1.54) is 0 Å². The van der Waals surface area contributed by atoms with Gasteiger partial charge in [-0.3, -0.25) is 4.79 Å². The molecule has 6 nitrogen and oxygen atoms in total. The van der Waals surface area contributed by atoms with Crippen molar-refractivity contribution in [3.05, 3.63) is 42.0 Å². The molecule has 1 aromatic carbocycles. The molecule has 0 bridgehead atoms. The molecule has 2 heterocycles. The van der Waals surface area contributed by atoms with Crippen molar-refractivity contribution in [2.75, 3.05) is 6.61 Å². The Morgan fingerprint density at radius 2 is 2.19 bits per heavy atom. The number of hydrogen-bond donors (Lipinski definition) is 1. The van der Waals surface area contributed by atoms with Crippen molar-refractivity contribution in [1.29, 1.82) is 0 Å². The van der Waals surface area contributed by atoms with Gasteiger partial charge in [0, 0.05) is 30.6 Å². The second-order valence-electron chi connectivity index (χ2n) is 7.56. The molecule has 0 amide bonds. The number of benzene rings is 1. The number of aromatic nitrogens is 2. The molecule has 1 N–H and O–H groups in total. The van der Waals surface area contributed by atoms with Crippen LogP contribution in [0.1, 0.15) is 45.0 Å². The summed E-state index contributed by atoms with van der Waals surface area (Å²) in [6.45, 7) is 5.95. The van der Waals surface area contributed by atoms with Crippen molar-refractivity contribution in [3.8, 4) is 11.5 Å². The Kier molecular flexibility index (Phi) is 5.26. The Hall–Kier alpha value is -2.76. The molecule has 1 atom stereocenters. The fourth-order valence-electron chi connectivity index (χ4n) is 3.08. The summed E-state index contributed by atoms with van der Waals surface area (Å²) in [5.74, 6) is 1.67. The van der Waals surface area contributed by atoms with Gasteiger partial charge in [-0.05, 0) is 57.9 Å². The first-order valence-corrected chi connectivity index (χ1v) is 9.14. The summed E-state index contributed by atoms with van der Waals surface area (Å²) in [6, 6.07) is 5.74. The maximum Gasteiger partial charge on any atom is 0.309 e. The summed E-state index contributed by atoms with van der Waals surface area (Å²) in [4.78, 5) is 15.6. The Bertz CT molecular complexity index is 867. The molecule has 27 heavy (non-hydrogen) atoms. The Balaban J connectivity index is 1.70. The van der Waals surface area contributed by atoms with Crippen LogP contribution in [-0.2, 0) is 11.8 Å². The fourth-order valence-corrected chi connectivity index (χ4v) is 3.08. The van der Waals surface area contributed by atoms with Crippen LogP contribution in [0.25, 0.3) is 11.6 Å². The van der Waals surface area contributed by atoms with Crippen LogP contribution >= 0.6 is 0 Å². The molecule has 3 rings (SSSR count). The van der Waals surface area contributed by atoms with Gasteiger partial charge in [-0.25, -0.2) is 4.98 Å². The van der Waals surface area contributed by atoms with E-state index in [-0.39, 0.29) is 6.10 Å². The molecular weight excluding hydrogens is 344 g/mol. The Morgan fingerprint density at radius 1 is 1.41 bits per heavy atom. The summed E-state index contributed by atoms with van der Waals surface area (Å²) in [5, 5.41) is 9.17. The van der Waals surface area contributed by atoms with Gasteiger partial charge >= 0.3 is 5.97 Å². The lowest BCUT2D eigenvalue weighted by Gasteiger charge is -2.24. The minimum Gasteiger partial charge on any atom is -0.494 e. The number of aryl methyl sites for hydroxylation is 1. The molecule has 0 saturated heterocycles. The lowest BCUT2D eigenvalue weighted by molar-refractivity contribution is -0.147. The minimum absolute atomic E-state index is 0.0800. The van der Waals surface area contributed by atoms with Crippen LogP contribution < -0.4 is 9.47 Å². The largest absolute Gasteiger partial charge is 0.494 e. The van der Waals surface area contributed by atoms with E-state index in [0.717, 1.165) is 28.5 Å². The number of imidazole rings is 1. The first kappa shape index (κ1) is 19.0. The molecular formula is C21H26N2O4. The van der Waals surface area contributed by atoms with Crippen molar-refractivity contribution in [1.82, 2.24) is 9.55 Å². The number of nitrogens with zero attached hydrogens (tertiary/aromatic N) is 2. The highest BCUT2D eigenvalue weighted by Gasteiger charge is 2.26. The van der Waals surface area contributed by atoms with E-state index < -0.39 is 11.4 Å². The molecule has 6 heteroatoms. The zero-order chi connectivity index (χ0) is 19.6. The zero-order valence-corrected chi connectivity index (χ0v) is 16.2. The zero-order valence-electron chi connectivity index (χ0n) is 16.2. The summed E-state index contributed by atoms with van der Waals surface area (Å²) < 4.78 is 13.8. The van der Waals surface area contributed by atoms with Gasteiger partial charge in [-0.15, -0.1) is 0 Å². The Morgan fingerprint density at radius 3 is 2.85 bits per heavy atom. The number of carboxylic acids is 1. The molecule has 1 unspecified atom stereocenters. The van der Waals surface area contributed by atoms with Crippen molar-refractivity contribution in [3.63, 3.8) is 0 Å². The number of fused-ring (bicyclic) bond motifs is 1. The van der Waals surface area contributed by atoms with E-state index >= 15 is 0 Å². The van der Waals surface area contributed by atoms with Gasteiger partial charge in [0.1, 0.15) is 23.4 Å². The average molecular weight is 370 g/mol. The smallest absolute Gasteiger partial charge is 0.309 e. The topological polar surface area (TPSA) is 73.6 Å². The van der Waals surface area contributed by atoms with E-state index in [2.05, 4.69) is 11.1 Å². The van der Waals surface area contributed by atoms with Gasteiger partial charge in [0.05, 0.1) is 12.0 Å². The molecule has 0 aliphatic carbocycles. The number of carboxylic acid groups (broad SMARTS) is 1. The van der Waals surface area contributed by atoms with Gasteiger partial charge in [-0.1, -0.05) is 0 Å². The highest BCUT2D eigenvalue weighted by atomic mass is 16.5. The van der Waals surface area contributed by atoms with Gasteiger partial charge in [0.2, 0.25) is 0 Å². The number of ether oxygens (including phenoxy) is 2. The lowest BCUT2D eigenvalue weighted by Crippen LogP contribution is -2.24. The van der Waals surface area contributed by atoms with Gasteiger partial charge in [-0.2, -0.15) is 0 Å². The second kappa shape index (κ2) is 7.47. The number of aliphatic carboxylic acids is 1. The van der Waals surface area contributed by atoms with Crippen molar-refractivity contribution >= 4 is 17.6 Å². The molecule has 144 valence electrons. The highest BCUT2D eigenvalue weighted by molar-refractivity contribution is 5.85. The van der Waals surface area contributed by atoms with Crippen LogP contribution in [0, 0.1) is 5.41 Å². The SMILES string of the molecule is CC1Oc2ccc(OCCCC(C)(C)C(=O)O)cc2C=C1c1nccn1C. The van der Waals surface area contributed by atoms with Gasteiger partial charge in [0.15, 0.2) is 0 Å². The number of rotatable bonds is 7. The van der Waals surface area contributed by atoms with Crippen LogP contribution in [0.4, 0.5) is 0 Å². The normalized spacial score (nSPS) is 16.3. The fraction of sp³-hybridized carbons (Fsp3) is 0.429. The highest BCUT2D eigenvalue weighted by Crippen LogP contribution is 2.35. The summed E-state index contributed by atoms with van der Waals surface area (Å²) in [5.41, 5.74) is 1.24. The monoisotopic (exact) mass is 370 g/mol. The summed E-state index contributed by atoms with van der Waals surface area (Å²) in [6.07, 6.45) is 6.94. The van der Waals surface area contributed by atoms with Crippen LogP contribution in [0.2, 0.25) is 0 Å². The van der Waals surface area contributed by atoms with Crippen LogP contribution in [0.3, 0.4) is 0 Å². The van der Waals surface area contributed by atoms with Crippen LogP contribution in [0.15, 0.2) is 30.6 Å². The van der Waals surface area contributed by atoms with E-state index in [9.17, 15) is 4.79 Å². The summed E-state index contributed by atoms with van der Waals surface area (Å²) >= 11 is 0. The van der Waals surface area contributed by atoms with Crippen molar-refractivity contribution in [2.24, 2.45) is 12.5 Å². The van der Waals surface area contributed by atoms with Crippen molar-refractivity contribution < 1.29 is 19.4 Å². The molecule has 1 aliphatic rings. The number of hydrogen-bond acceptors (Lipinski definition) is 4.